The monoisotopic (exact) mass is 351 g/mol. The number of pyridine rings is 1. The van der Waals surface area contributed by atoms with Crippen LogP contribution < -0.4 is 5.73 Å². The van der Waals surface area contributed by atoms with E-state index in [9.17, 15) is 18.0 Å². The SMILES string of the molecule is Cc1nc(C(F)(F)F)ccc1C(=O)N1CCC(C(C)N)CC1.Cl. The fourth-order valence-electron chi connectivity index (χ4n) is 2.74. The normalized spacial score (nSPS) is 17.6. The fourth-order valence-corrected chi connectivity index (χ4v) is 2.74. The third-order valence-corrected chi connectivity index (χ3v) is 4.18. The Balaban J connectivity index is 0.00000264. The van der Waals surface area contributed by atoms with Crippen LogP contribution in [0.5, 0.6) is 0 Å². The van der Waals surface area contributed by atoms with Gasteiger partial charge < -0.3 is 10.6 Å². The molecule has 0 spiro atoms. The van der Waals surface area contributed by atoms with E-state index < -0.39 is 11.9 Å². The van der Waals surface area contributed by atoms with Gasteiger partial charge in [0.2, 0.25) is 0 Å². The molecule has 4 nitrogen and oxygen atoms in total. The van der Waals surface area contributed by atoms with Gasteiger partial charge in [-0.2, -0.15) is 13.2 Å². The number of aryl methyl sites for hydroxylation is 1. The first-order chi connectivity index (χ1) is 10.2. The Hall–Kier alpha value is -1.34. The average molecular weight is 352 g/mol. The van der Waals surface area contributed by atoms with Crippen LogP contribution in [0.3, 0.4) is 0 Å². The third-order valence-electron chi connectivity index (χ3n) is 4.18. The van der Waals surface area contributed by atoms with Crippen molar-refractivity contribution in [1.29, 1.82) is 0 Å². The summed E-state index contributed by atoms with van der Waals surface area (Å²) >= 11 is 0. The first-order valence-electron chi connectivity index (χ1n) is 7.30. The predicted octanol–water partition coefficient (Wildman–Crippen LogP) is 3.03. The van der Waals surface area contributed by atoms with Gasteiger partial charge in [0.1, 0.15) is 5.69 Å². The first-order valence-corrected chi connectivity index (χ1v) is 7.30. The number of rotatable bonds is 2. The molecule has 2 rings (SSSR count). The number of carbonyl (C=O) groups excluding carboxylic acids is 1. The lowest BCUT2D eigenvalue weighted by Crippen LogP contribution is -2.42. The Bertz CT molecular complexity index is 555. The molecule has 0 bridgehead atoms. The zero-order valence-electron chi connectivity index (χ0n) is 13.1. The summed E-state index contributed by atoms with van der Waals surface area (Å²) in [7, 11) is 0. The van der Waals surface area contributed by atoms with Gasteiger partial charge in [-0.25, -0.2) is 4.98 Å². The molecule has 1 aromatic rings. The van der Waals surface area contributed by atoms with Crippen LogP contribution in [-0.2, 0) is 6.18 Å². The number of likely N-dealkylation sites (tertiary alicyclic amines) is 1. The van der Waals surface area contributed by atoms with Crippen molar-refractivity contribution in [3.63, 3.8) is 0 Å². The van der Waals surface area contributed by atoms with Crippen LogP contribution in [0, 0.1) is 12.8 Å². The number of carbonyl (C=O) groups is 1. The molecule has 1 aromatic heterocycles. The highest BCUT2D eigenvalue weighted by molar-refractivity contribution is 5.95. The summed E-state index contributed by atoms with van der Waals surface area (Å²) in [4.78, 5) is 17.6. The molecule has 2 N–H and O–H groups in total. The highest BCUT2D eigenvalue weighted by Crippen LogP contribution is 2.29. The van der Waals surface area contributed by atoms with E-state index in [2.05, 4.69) is 4.98 Å². The Morgan fingerprint density at radius 3 is 2.35 bits per heavy atom. The van der Waals surface area contributed by atoms with Gasteiger partial charge >= 0.3 is 6.18 Å². The Morgan fingerprint density at radius 1 is 1.35 bits per heavy atom. The van der Waals surface area contributed by atoms with Crippen LogP contribution in [-0.4, -0.2) is 34.9 Å². The van der Waals surface area contributed by atoms with Crippen molar-refractivity contribution in [1.82, 2.24) is 9.88 Å². The van der Waals surface area contributed by atoms with Gasteiger partial charge in [0.15, 0.2) is 0 Å². The number of aromatic nitrogens is 1. The Kier molecular flexibility index (Phi) is 6.41. The lowest BCUT2D eigenvalue weighted by Gasteiger charge is -2.34. The molecular formula is C15H21ClF3N3O. The van der Waals surface area contributed by atoms with Crippen molar-refractivity contribution >= 4 is 18.3 Å². The topological polar surface area (TPSA) is 59.2 Å². The molecule has 1 atom stereocenters. The second-order valence-electron chi connectivity index (χ2n) is 5.82. The summed E-state index contributed by atoms with van der Waals surface area (Å²) in [6, 6.07) is 2.16. The molecule has 130 valence electrons. The first kappa shape index (κ1) is 19.7. The maximum Gasteiger partial charge on any atom is 0.433 e. The smallest absolute Gasteiger partial charge is 0.339 e. The summed E-state index contributed by atoms with van der Waals surface area (Å²) < 4.78 is 37.8. The summed E-state index contributed by atoms with van der Waals surface area (Å²) in [5, 5.41) is 0. The standard InChI is InChI=1S/C15H20F3N3O.ClH/c1-9(19)11-5-7-21(8-6-11)14(22)12-3-4-13(15(16,17)18)20-10(12)2;/h3-4,9,11H,5-8,19H2,1-2H3;1H. The molecule has 0 radical (unpaired) electrons. The maximum absolute atomic E-state index is 12.6. The zero-order valence-corrected chi connectivity index (χ0v) is 13.9. The lowest BCUT2D eigenvalue weighted by atomic mass is 9.90. The van der Waals surface area contributed by atoms with Crippen LogP contribution in [0.1, 0.15) is 41.5 Å². The Labute approximate surface area is 139 Å². The van der Waals surface area contributed by atoms with Crippen LogP contribution >= 0.6 is 12.4 Å². The summed E-state index contributed by atoms with van der Waals surface area (Å²) in [6.07, 6.45) is -2.87. The van der Waals surface area contributed by atoms with Gasteiger partial charge in [-0.3, -0.25) is 4.79 Å². The molecule has 0 aromatic carbocycles. The highest BCUT2D eigenvalue weighted by Gasteiger charge is 2.33. The molecule has 0 aliphatic carbocycles. The molecule has 1 aliphatic rings. The molecule has 0 saturated carbocycles. The van der Waals surface area contributed by atoms with Gasteiger partial charge in [0.05, 0.1) is 11.3 Å². The van der Waals surface area contributed by atoms with Crippen molar-refractivity contribution < 1.29 is 18.0 Å². The van der Waals surface area contributed by atoms with Gasteiger partial charge in [0.25, 0.3) is 5.91 Å². The molecular weight excluding hydrogens is 331 g/mol. The number of amides is 1. The number of hydrogen-bond acceptors (Lipinski definition) is 3. The molecule has 23 heavy (non-hydrogen) atoms. The lowest BCUT2D eigenvalue weighted by molar-refractivity contribution is -0.141. The number of piperidine rings is 1. The van der Waals surface area contributed by atoms with Crippen molar-refractivity contribution in [3.8, 4) is 0 Å². The minimum Gasteiger partial charge on any atom is -0.339 e. The van der Waals surface area contributed by atoms with E-state index >= 15 is 0 Å². The zero-order chi connectivity index (χ0) is 16.5. The third kappa shape index (κ3) is 4.57. The average Bonchev–Trinajstić information content (AvgIpc) is 2.45. The van der Waals surface area contributed by atoms with E-state index in [1.807, 2.05) is 6.92 Å². The second-order valence-corrected chi connectivity index (χ2v) is 5.82. The van der Waals surface area contributed by atoms with Crippen molar-refractivity contribution in [2.75, 3.05) is 13.1 Å². The van der Waals surface area contributed by atoms with Gasteiger partial charge in [-0.15, -0.1) is 12.4 Å². The van der Waals surface area contributed by atoms with Crippen molar-refractivity contribution in [2.24, 2.45) is 11.7 Å². The van der Waals surface area contributed by atoms with Crippen LogP contribution in [0.25, 0.3) is 0 Å². The van der Waals surface area contributed by atoms with Gasteiger partial charge in [0, 0.05) is 19.1 Å². The van der Waals surface area contributed by atoms with Gasteiger partial charge in [-0.05, 0) is 44.7 Å². The minimum absolute atomic E-state index is 0. The number of halogens is 4. The number of hydrogen-bond donors (Lipinski definition) is 1. The largest absolute Gasteiger partial charge is 0.433 e. The molecule has 8 heteroatoms. The van der Waals surface area contributed by atoms with E-state index in [4.69, 9.17) is 5.73 Å². The van der Waals surface area contributed by atoms with Crippen molar-refractivity contribution in [3.05, 3.63) is 29.1 Å². The van der Waals surface area contributed by atoms with Crippen LogP contribution in [0.15, 0.2) is 12.1 Å². The fraction of sp³-hybridized carbons (Fsp3) is 0.600. The molecule has 1 fully saturated rings. The predicted molar refractivity (Wildman–Crippen MR) is 83.5 cm³/mol. The number of nitrogens with two attached hydrogens (primary N) is 1. The summed E-state index contributed by atoms with van der Waals surface area (Å²) in [6.45, 7) is 4.53. The van der Waals surface area contributed by atoms with Crippen molar-refractivity contribution in [2.45, 2.75) is 38.9 Å². The Morgan fingerprint density at radius 2 is 1.91 bits per heavy atom. The van der Waals surface area contributed by atoms with E-state index in [1.54, 1.807) is 4.90 Å². The number of alkyl halides is 3. The summed E-state index contributed by atoms with van der Waals surface area (Å²) in [5.41, 5.74) is 5.22. The highest BCUT2D eigenvalue weighted by atomic mass is 35.5. The van der Waals surface area contributed by atoms with Crippen LogP contribution in [0.2, 0.25) is 0 Å². The molecule has 1 amide bonds. The van der Waals surface area contributed by atoms with E-state index in [0.29, 0.717) is 19.0 Å². The van der Waals surface area contributed by atoms with E-state index in [1.165, 1.54) is 13.0 Å². The summed E-state index contributed by atoms with van der Waals surface area (Å²) in [5.74, 6) is 0.123. The van der Waals surface area contributed by atoms with Gasteiger partial charge in [-0.1, -0.05) is 0 Å². The number of nitrogens with zero attached hydrogens (tertiary/aromatic N) is 2. The minimum atomic E-state index is -4.50. The van der Waals surface area contributed by atoms with Crippen LogP contribution in [0.4, 0.5) is 13.2 Å². The quantitative estimate of drug-likeness (QED) is 0.891. The second kappa shape index (κ2) is 7.49. The molecule has 1 unspecified atom stereocenters. The molecule has 1 saturated heterocycles. The molecule has 1 aliphatic heterocycles. The molecule has 2 heterocycles. The van der Waals surface area contributed by atoms with E-state index in [0.717, 1.165) is 18.9 Å². The maximum atomic E-state index is 12.6. The van der Waals surface area contributed by atoms with E-state index in [-0.39, 0.29) is 35.6 Å².